The van der Waals surface area contributed by atoms with Crippen LogP contribution in [0.1, 0.15) is 11.3 Å². The van der Waals surface area contributed by atoms with E-state index in [4.69, 9.17) is 0 Å². The largest absolute Gasteiger partial charge is 1.00 e. The molecule has 0 aliphatic carbocycles. The number of pyridine rings is 1. The number of hydrogen-bond acceptors (Lipinski definition) is 0. The van der Waals surface area contributed by atoms with Gasteiger partial charge in [0, 0.05) is 12.1 Å². The van der Waals surface area contributed by atoms with E-state index in [1.165, 1.54) is 11.3 Å². The van der Waals surface area contributed by atoms with Crippen molar-refractivity contribution >= 4 is 0 Å². The Morgan fingerprint density at radius 1 is 0.800 bits per heavy atom. The molecule has 3 heteroatoms. The fraction of sp³-hybridized carbons (Fsp3) is 0.0833. The lowest BCUT2D eigenvalue weighted by Crippen LogP contribution is -3.00. The van der Waals surface area contributed by atoms with Crippen molar-refractivity contribution in [1.29, 1.82) is 0 Å². The van der Waals surface area contributed by atoms with Gasteiger partial charge in [0.05, 0.1) is 6.42 Å². The third kappa shape index (κ3) is 4.32. The molecule has 15 heavy (non-hydrogen) atoms. The van der Waals surface area contributed by atoms with Gasteiger partial charge in [-0.3, -0.25) is 0 Å². The molecular weight excluding hydrogens is 229 g/mol. The normalized spacial score (nSPS) is 8.53. The first-order chi connectivity index (χ1) is 6.45. The fourth-order valence-corrected chi connectivity index (χ4v) is 1.36. The molecule has 0 unspecified atom stereocenters. The zero-order chi connectivity index (χ0) is 8.93. The minimum Gasteiger partial charge on any atom is -1.00 e. The Hall–Kier alpha value is -1.05. The van der Waals surface area contributed by atoms with Gasteiger partial charge in [-0.25, -0.2) is 4.98 Å². The van der Waals surface area contributed by atoms with Crippen LogP contribution in [0.25, 0.3) is 0 Å². The van der Waals surface area contributed by atoms with Gasteiger partial charge in [-0.2, -0.15) is 0 Å². The minimum atomic E-state index is 0. The van der Waals surface area contributed by atoms with Crippen molar-refractivity contribution in [3.63, 3.8) is 0 Å². The van der Waals surface area contributed by atoms with Crippen LogP contribution in [-0.4, -0.2) is 0 Å². The Bertz CT molecular complexity index is 324. The van der Waals surface area contributed by atoms with Crippen LogP contribution in [0.3, 0.4) is 0 Å². The molecule has 0 spiro atoms. The van der Waals surface area contributed by atoms with Crippen molar-refractivity contribution in [2.45, 2.75) is 6.42 Å². The molecule has 1 aromatic carbocycles. The van der Waals surface area contributed by atoms with Gasteiger partial charge in [-0.15, -0.1) is 0 Å². The van der Waals surface area contributed by atoms with Crippen LogP contribution in [0.2, 0.25) is 0 Å². The molecule has 80 valence electrons. The van der Waals surface area contributed by atoms with E-state index in [2.05, 4.69) is 41.4 Å². The first kappa shape index (κ1) is 13.9. The van der Waals surface area contributed by atoms with Crippen molar-refractivity contribution in [2.24, 2.45) is 0 Å². The topological polar surface area (TPSA) is 14.1 Å². The maximum atomic E-state index is 3.22. The highest BCUT2D eigenvalue weighted by Gasteiger charge is 1.99. The summed E-state index contributed by atoms with van der Waals surface area (Å²) < 4.78 is 0. The van der Waals surface area contributed by atoms with Crippen LogP contribution in [0.4, 0.5) is 0 Å². The summed E-state index contributed by atoms with van der Waals surface area (Å²) >= 11 is 0. The summed E-state index contributed by atoms with van der Waals surface area (Å²) in [6, 6.07) is 16.6. The van der Waals surface area contributed by atoms with Crippen LogP contribution >= 0.6 is 0 Å². The molecule has 0 aliphatic rings. The van der Waals surface area contributed by atoms with Crippen molar-refractivity contribution in [2.75, 3.05) is 0 Å². The van der Waals surface area contributed by atoms with E-state index in [9.17, 15) is 0 Å². The molecule has 2 aromatic rings. The summed E-state index contributed by atoms with van der Waals surface area (Å²) in [6.45, 7) is 0. The fourth-order valence-electron chi connectivity index (χ4n) is 1.36. The predicted molar refractivity (Wildman–Crippen MR) is 52.2 cm³/mol. The maximum absolute atomic E-state index is 3.22. The Labute approximate surface area is 102 Å². The Morgan fingerprint density at radius 3 is 2.07 bits per heavy atom. The van der Waals surface area contributed by atoms with Gasteiger partial charge < -0.3 is 24.8 Å². The van der Waals surface area contributed by atoms with E-state index in [0.29, 0.717) is 0 Å². The van der Waals surface area contributed by atoms with Gasteiger partial charge in [0.15, 0.2) is 11.9 Å². The van der Waals surface area contributed by atoms with Crippen LogP contribution in [0.5, 0.6) is 0 Å². The van der Waals surface area contributed by atoms with E-state index in [0.717, 1.165) is 6.42 Å². The average molecular weight is 241 g/mol. The van der Waals surface area contributed by atoms with Crippen LogP contribution in [0, 0.1) is 0 Å². The highest BCUT2D eigenvalue weighted by molar-refractivity contribution is 5.19. The van der Waals surface area contributed by atoms with E-state index < -0.39 is 0 Å². The molecule has 2 rings (SSSR count). The molecule has 0 fully saturated rings. The van der Waals surface area contributed by atoms with Crippen molar-refractivity contribution in [3.8, 4) is 0 Å². The van der Waals surface area contributed by atoms with Crippen LogP contribution in [0.15, 0.2) is 54.7 Å². The number of H-pyrrole nitrogens is 1. The number of benzene rings is 1. The second kappa shape index (κ2) is 7.27. The first-order valence-electron chi connectivity index (χ1n) is 4.45. The monoisotopic (exact) mass is 240 g/mol. The standard InChI is InChI=1S/C12H11N.2ClH/c1-2-6-11(7-3-1)10-12-8-4-5-9-13-12;;/h1-9H,10H2;2*1H/p-1. The second-order valence-electron chi connectivity index (χ2n) is 3.05. The van der Waals surface area contributed by atoms with E-state index in [-0.39, 0.29) is 24.8 Å². The molecule has 0 atom stereocenters. The van der Waals surface area contributed by atoms with Gasteiger partial charge in [-0.1, -0.05) is 36.4 Å². The van der Waals surface area contributed by atoms with Gasteiger partial charge >= 0.3 is 0 Å². The van der Waals surface area contributed by atoms with Crippen molar-refractivity contribution < 1.29 is 29.8 Å². The van der Waals surface area contributed by atoms with Crippen molar-refractivity contribution in [3.05, 3.63) is 66.0 Å². The summed E-state index contributed by atoms with van der Waals surface area (Å²) in [5, 5.41) is 0. The SMILES string of the molecule is [Cl-].[Cl-].c1ccc(Cc2cccc[nH+]2)cc1. The van der Waals surface area contributed by atoms with Gasteiger partial charge in [0.2, 0.25) is 0 Å². The van der Waals surface area contributed by atoms with Gasteiger partial charge in [0.1, 0.15) is 0 Å². The molecule has 0 amide bonds. The Balaban J connectivity index is 0.000000980. The molecule has 1 N–H and O–H groups in total. The van der Waals surface area contributed by atoms with E-state index in [1.54, 1.807) is 0 Å². The molecule has 1 heterocycles. The number of aromatic nitrogens is 1. The van der Waals surface area contributed by atoms with Gasteiger partial charge in [-0.05, 0) is 5.56 Å². The Morgan fingerprint density at radius 2 is 1.47 bits per heavy atom. The average Bonchev–Trinajstić information content (AvgIpc) is 2.21. The quantitative estimate of drug-likeness (QED) is 0.510. The minimum absolute atomic E-state index is 0. The number of hydrogen-bond donors (Lipinski definition) is 0. The maximum Gasteiger partial charge on any atom is 0.183 e. The molecular formula is C12H12Cl2N-. The molecule has 0 saturated carbocycles. The van der Waals surface area contributed by atoms with Crippen LogP contribution in [-0.2, 0) is 6.42 Å². The smallest absolute Gasteiger partial charge is 0.183 e. The predicted octanol–water partition coefficient (Wildman–Crippen LogP) is -3.90. The third-order valence-electron chi connectivity index (χ3n) is 2.01. The summed E-state index contributed by atoms with van der Waals surface area (Å²) in [5.41, 5.74) is 2.58. The number of rotatable bonds is 2. The van der Waals surface area contributed by atoms with Crippen LogP contribution < -0.4 is 29.8 Å². The Kier molecular flexibility index (Phi) is 6.76. The number of nitrogens with one attached hydrogen (secondary N) is 1. The zero-order valence-corrected chi connectivity index (χ0v) is 9.67. The highest BCUT2D eigenvalue weighted by Crippen LogP contribution is 2.03. The molecule has 1 nitrogen and oxygen atoms in total. The highest BCUT2D eigenvalue weighted by atomic mass is 35.5. The molecule has 0 bridgehead atoms. The number of aromatic amines is 1. The second-order valence-corrected chi connectivity index (χ2v) is 3.05. The lowest BCUT2D eigenvalue weighted by molar-refractivity contribution is -0.389. The molecule has 0 saturated heterocycles. The lowest BCUT2D eigenvalue weighted by atomic mass is 10.1. The lowest BCUT2D eigenvalue weighted by Gasteiger charge is -1.94. The first-order valence-corrected chi connectivity index (χ1v) is 4.45. The molecule has 0 aliphatic heterocycles. The number of halogens is 2. The third-order valence-corrected chi connectivity index (χ3v) is 2.01. The molecule has 1 aromatic heterocycles. The summed E-state index contributed by atoms with van der Waals surface area (Å²) in [7, 11) is 0. The summed E-state index contributed by atoms with van der Waals surface area (Å²) in [4.78, 5) is 3.22. The summed E-state index contributed by atoms with van der Waals surface area (Å²) in [6.07, 6.45) is 2.93. The molecule has 0 radical (unpaired) electrons. The van der Waals surface area contributed by atoms with Gasteiger partial charge in [0.25, 0.3) is 0 Å². The summed E-state index contributed by atoms with van der Waals surface area (Å²) in [5.74, 6) is 0. The van der Waals surface area contributed by atoms with E-state index >= 15 is 0 Å². The van der Waals surface area contributed by atoms with E-state index in [1.807, 2.05) is 18.3 Å². The van der Waals surface area contributed by atoms with Crippen molar-refractivity contribution in [1.82, 2.24) is 0 Å². The zero-order valence-electron chi connectivity index (χ0n) is 8.16.